The van der Waals surface area contributed by atoms with Gasteiger partial charge < -0.3 is 5.11 Å². The van der Waals surface area contributed by atoms with E-state index in [9.17, 15) is 9.59 Å². The van der Waals surface area contributed by atoms with Gasteiger partial charge in [0.2, 0.25) is 0 Å². The van der Waals surface area contributed by atoms with Crippen molar-refractivity contribution in [1.29, 1.82) is 0 Å². The van der Waals surface area contributed by atoms with Crippen LogP contribution in [0.3, 0.4) is 0 Å². The molecule has 56 valence electrons. The van der Waals surface area contributed by atoms with Crippen molar-refractivity contribution in [2.24, 2.45) is 5.92 Å². The lowest BCUT2D eigenvalue weighted by Gasteiger charge is -2.15. The van der Waals surface area contributed by atoms with Gasteiger partial charge in [-0.2, -0.15) is 0 Å². The summed E-state index contributed by atoms with van der Waals surface area (Å²) < 4.78 is 0. The fraction of sp³-hybridized carbons (Fsp3) is 0.714. The smallest absolute Gasteiger partial charge is 0.306 e. The van der Waals surface area contributed by atoms with E-state index in [-0.39, 0.29) is 12.2 Å². The van der Waals surface area contributed by atoms with E-state index < -0.39 is 11.9 Å². The maximum Gasteiger partial charge on any atom is 0.306 e. The number of carboxylic acids is 1. The quantitative estimate of drug-likeness (QED) is 0.590. The fourth-order valence-corrected chi connectivity index (χ4v) is 1.24. The molecule has 1 saturated carbocycles. The van der Waals surface area contributed by atoms with E-state index in [2.05, 4.69) is 0 Å². The topological polar surface area (TPSA) is 54.4 Å². The normalized spacial score (nSPS) is 26.4. The zero-order valence-electron chi connectivity index (χ0n) is 5.67. The Morgan fingerprint density at radius 2 is 2.30 bits per heavy atom. The van der Waals surface area contributed by atoms with Crippen LogP contribution in [-0.4, -0.2) is 16.9 Å². The molecule has 3 nitrogen and oxygen atoms in total. The summed E-state index contributed by atoms with van der Waals surface area (Å²) in [6.45, 7) is 0. The molecule has 0 bridgehead atoms. The van der Waals surface area contributed by atoms with Crippen molar-refractivity contribution in [3.63, 3.8) is 0 Å². The van der Waals surface area contributed by atoms with Crippen molar-refractivity contribution < 1.29 is 14.7 Å². The van der Waals surface area contributed by atoms with Crippen LogP contribution in [0.2, 0.25) is 0 Å². The van der Waals surface area contributed by atoms with Crippen molar-refractivity contribution in [2.45, 2.75) is 25.7 Å². The molecule has 1 fully saturated rings. The Bertz CT molecular complexity index is 160. The first kappa shape index (κ1) is 7.25. The number of hydrogen-bond donors (Lipinski definition) is 1. The number of rotatable bonds is 1. The van der Waals surface area contributed by atoms with E-state index in [1.807, 2.05) is 0 Å². The van der Waals surface area contributed by atoms with Crippen LogP contribution in [0, 0.1) is 5.92 Å². The summed E-state index contributed by atoms with van der Waals surface area (Å²) in [5, 5.41) is 8.50. The van der Waals surface area contributed by atoms with Crippen LogP contribution in [-0.2, 0) is 9.59 Å². The fourth-order valence-electron chi connectivity index (χ4n) is 1.24. The second kappa shape index (κ2) is 2.82. The van der Waals surface area contributed by atoms with Gasteiger partial charge in [0, 0.05) is 12.8 Å². The van der Waals surface area contributed by atoms with Crippen molar-refractivity contribution in [1.82, 2.24) is 0 Å². The number of aliphatic carboxylic acids is 1. The molecule has 0 saturated heterocycles. The minimum Gasteiger partial charge on any atom is -0.481 e. The van der Waals surface area contributed by atoms with Crippen LogP contribution in [0.15, 0.2) is 0 Å². The lowest BCUT2D eigenvalue weighted by molar-refractivity contribution is -0.145. The summed E-state index contributed by atoms with van der Waals surface area (Å²) in [6, 6.07) is 0. The molecule has 0 radical (unpaired) electrons. The van der Waals surface area contributed by atoms with Crippen molar-refractivity contribution >= 4 is 11.8 Å². The molecule has 1 aliphatic rings. The molecule has 1 N–H and O–H groups in total. The molecule has 0 aromatic carbocycles. The first-order valence-corrected chi connectivity index (χ1v) is 3.44. The summed E-state index contributed by atoms with van der Waals surface area (Å²) >= 11 is 0. The minimum atomic E-state index is -0.826. The second-order valence-electron chi connectivity index (χ2n) is 2.67. The summed E-state index contributed by atoms with van der Waals surface area (Å²) in [7, 11) is 0. The van der Waals surface area contributed by atoms with Crippen LogP contribution in [0.25, 0.3) is 0 Å². The average molecular weight is 142 g/mol. The molecule has 0 amide bonds. The van der Waals surface area contributed by atoms with Crippen molar-refractivity contribution in [2.75, 3.05) is 0 Å². The molecular weight excluding hydrogens is 132 g/mol. The molecule has 1 aliphatic carbocycles. The standard InChI is InChI=1S/C7H10O3/c8-6-3-1-2-5(4-6)7(9)10/h5H,1-4H2,(H,9,10)/t5-/m0/s1. The van der Waals surface area contributed by atoms with Gasteiger partial charge in [-0.3, -0.25) is 9.59 Å². The zero-order chi connectivity index (χ0) is 7.56. The maximum absolute atomic E-state index is 10.7. The molecule has 1 atom stereocenters. The molecule has 0 aliphatic heterocycles. The zero-order valence-corrected chi connectivity index (χ0v) is 5.67. The monoisotopic (exact) mass is 142 g/mol. The van der Waals surface area contributed by atoms with Crippen LogP contribution in [0.4, 0.5) is 0 Å². The van der Waals surface area contributed by atoms with Crippen LogP contribution < -0.4 is 0 Å². The van der Waals surface area contributed by atoms with E-state index in [0.717, 1.165) is 6.42 Å². The highest BCUT2D eigenvalue weighted by Gasteiger charge is 2.24. The lowest BCUT2D eigenvalue weighted by atomic mass is 9.89. The minimum absolute atomic E-state index is 0.0960. The molecule has 0 aromatic heterocycles. The Balaban J connectivity index is 2.47. The van der Waals surface area contributed by atoms with Gasteiger partial charge in [-0.25, -0.2) is 0 Å². The van der Waals surface area contributed by atoms with Gasteiger partial charge in [-0.05, 0) is 12.8 Å². The number of Topliss-reactive ketones (excluding diaryl/α,β-unsaturated/α-hetero) is 1. The van der Waals surface area contributed by atoms with Gasteiger partial charge in [-0.15, -0.1) is 0 Å². The highest BCUT2D eigenvalue weighted by Crippen LogP contribution is 2.20. The third-order valence-electron chi connectivity index (χ3n) is 1.83. The third-order valence-corrected chi connectivity index (χ3v) is 1.83. The van der Waals surface area contributed by atoms with E-state index in [4.69, 9.17) is 5.11 Å². The summed E-state index contributed by atoms with van der Waals surface area (Å²) in [5.74, 6) is -1.13. The Morgan fingerprint density at radius 3 is 2.70 bits per heavy atom. The molecule has 0 aromatic rings. The molecule has 1 rings (SSSR count). The molecule has 0 heterocycles. The SMILES string of the molecule is O=C1CCC[C@H](C(=O)O)C1. The Morgan fingerprint density at radius 1 is 1.60 bits per heavy atom. The number of ketones is 1. The molecule has 10 heavy (non-hydrogen) atoms. The van der Waals surface area contributed by atoms with E-state index in [1.165, 1.54) is 0 Å². The average Bonchev–Trinajstić information content (AvgIpc) is 1.88. The van der Waals surface area contributed by atoms with Crippen LogP contribution >= 0.6 is 0 Å². The first-order valence-electron chi connectivity index (χ1n) is 3.44. The van der Waals surface area contributed by atoms with Gasteiger partial charge in [0.15, 0.2) is 0 Å². The summed E-state index contributed by atoms with van der Waals surface area (Å²) in [4.78, 5) is 21.1. The van der Waals surface area contributed by atoms with E-state index in [0.29, 0.717) is 12.8 Å². The Kier molecular flexibility index (Phi) is 2.04. The number of carbonyl (C=O) groups is 2. The number of carbonyl (C=O) groups excluding carboxylic acids is 1. The third kappa shape index (κ3) is 1.56. The van der Waals surface area contributed by atoms with E-state index in [1.54, 1.807) is 0 Å². The number of hydrogen-bond acceptors (Lipinski definition) is 2. The van der Waals surface area contributed by atoms with Crippen molar-refractivity contribution in [3.8, 4) is 0 Å². The molecule has 0 spiro atoms. The highest BCUT2D eigenvalue weighted by atomic mass is 16.4. The highest BCUT2D eigenvalue weighted by molar-refractivity contribution is 5.84. The lowest BCUT2D eigenvalue weighted by Crippen LogP contribution is -2.22. The van der Waals surface area contributed by atoms with E-state index >= 15 is 0 Å². The first-order chi connectivity index (χ1) is 4.70. The maximum atomic E-state index is 10.7. The molecular formula is C7H10O3. The van der Waals surface area contributed by atoms with Crippen molar-refractivity contribution in [3.05, 3.63) is 0 Å². The van der Waals surface area contributed by atoms with Gasteiger partial charge in [0.25, 0.3) is 0 Å². The van der Waals surface area contributed by atoms with Crippen LogP contribution in [0.1, 0.15) is 25.7 Å². The predicted octanol–water partition coefficient (Wildman–Crippen LogP) is 0.830. The van der Waals surface area contributed by atoms with Gasteiger partial charge in [0.1, 0.15) is 5.78 Å². The predicted molar refractivity (Wildman–Crippen MR) is 34.6 cm³/mol. The Hall–Kier alpha value is -0.860. The molecule has 3 heteroatoms. The van der Waals surface area contributed by atoms with Gasteiger partial charge >= 0.3 is 5.97 Å². The molecule has 0 unspecified atom stereocenters. The summed E-state index contributed by atoms with van der Waals surface area (Å²) in [6.07, 6.45) is 2.23. The number of carboxylic acid groups (broad SMARTS) is 1. The van der Waals surface area contributed by atoms with Gasteiger partial charge in [-0.1, -0.05) is 0 Å². The largest absolute Gasteiger partial charge is 0.481 e. The van der Waals surface area contributed by atoms with Gasteiger partial charge in [0.05, 0.1) is 5.92 Å². The second-order valence-corrected chi connectivity index (χ2v) is 2.67. The Labute approximate surface area is 59.0 Å². The summed E-state index contributed by atoms with van der Waals surface area (Å²) in [5.41, 5.74) is 0. The van der Waals surface area contributed by atoms with Crippen LogP contribution in [0.5, 0.6) is 0 Å².